The van der Waals surface area contributed by atoms with Crippen LogP contribution in [-0.2, 0) is 12.8 Å². The van der Waals surface area contributed by atoms with E-state index in [9.17, 15) is 4.79 Å². The van der Waals surface area contributed by atoms with Crippen molar-refractivity contribution in [1.82, 2.24) is 0 Å². The molecule has 1 atom stereocenters. The molecule has 1 aliphatic carbocycles. The molecule has 2 aromatic rings. The molecule has 0 bridgehead atoms. The first-order chi connectivity index (χ1) is 15.6. The fraction of sp³-hybridized carbons (Fsp3) is 0.679. The summed E-state index contributed by atoms with van der Waals surface area (Å²) in [5.74, 6) is 2.11. The molecule has 32 heavy (non-hydrogen) atoms. The molecule has 0 saturated heterocycles. The molecular formula is C28H42O4. The van der Waals surface area contributed by atoms with Crippen molar-refractivity contribution in [1.29, 1.82) is 0 Å². The Kier molecular flexibility index (Phi) is 9.95. The van der Waals surface area contributed by atoms with Gasteiger partial charge in [-0.25, -0.2) is 4.79 Å². The van der Waals surface area contributed by atoms with Crippen LogP contribution in [0.25, 0.3) is 11.0 Å². The van der Waals surface area contributed by atoms with Crippen molar-refractivity contribution in [3.05, 3.63) is 33.7 Å². The average molecular weight is 443 g/mol. The van der Waals surface area contributed by atoms with Gasteiger partial charge < -0.3 is 13.9 Å². The second-order valence-corrected chi connectivity index (χ2v) is 9.51. The maximum absolute atomic E-state index is 12.7. The van der Waals surface area contributed by atoms with E-state index in [1.54, 1.807) is 0 Å². The van der Waals surface area contributed by atoms with Gasteiger partial charge in [-0.1, -0.05) is 72.1 Å². The SMILES string of the molecule is CCCCCCCOc1cc(OCCCCCCC)c2c3c(c(=O)oc2c1)CCC(C)C3. The van der Waals surface area contributed by atoms with Crippen LogP contribution in [0.3, 0.4) is 0 Å². The fourth-order valence-electron chi connectivity index (χ4n) is 4.68. The third-order valence-corrected chi connectivity index (χ3v) is 6.62. The highest BCUT2D eigenvalue weighted by molar-refractivity contribution is 5.89. The molecule has 0 spiro atoms. The van der Waals surface area contributed by atoms with Crippen LogP contribution in [0.4, 0.5) is 0 Å². The van der Waals surface area contributed by atoms with Crippen LogP contribution in [0.15, 0.2) is 21.3 Å². The molecule has 178 valence electrons. The molecule has 4 nitrogen and oxygen atoms in total. The second-order valence-electron chi connectivity index (χ2n) is 9.51. The average Bonchev–Trinajstić information content (AvgIpc) is 2.78. The van der Waals surface area contributed by atoms with Crippen LogP contribution in [-0.4, -0.2) is 13.2 Å². The Labute approximate surface area is 193 Å². The maximum Gasteiger partial charge on any atom is 0.339 e. The van der Waals surface area contributed by atoms with E-state index in [1.807, 2.05) is 12.1 Å². The lowest BCUT2D eigenvalue weighted by molar-refractivity contribution is 0.291. The van der Waals surface area contributed by atoms with Gasteiger partial charge in [0.05, 0.1) is 18.6 Å². The van der Waals surface area contributed by atoms with E-state index < -0.39 is 0 Å². The van der Waals surface area contributed by atoms with Gasteiger partial charge >= 0.3 is 5.63 Å². The quantitative estimate of drug-likeness (QED) is 0.223. The van der Waals surface area contributed by atoms with Crippen molar-refractivity contribution < 1.29 is 13.9 Å². The topological polar surface area (TPSA) is 48.7 Å². The largest absolute Gasteiger partial charge is 0.493 e. The minimum atomic E-state index is -0.193. The molecule has 0 radical (unpaired) electrons. The summed E-state index contributed by atoms with van der Waals surface area (Å²) < 4.78 is 18.1. The minimum Gasteiger partial charge on any atom is -0.493 e. The lowest BCUT2D eigenvalue weighted by Crippen LogP contribution is -2.20. The molecule has 0 amide bonds. The maximum atomic E-state index is 12.7. The highest BCUT2D eigenvalue weighted by Gasteiger charge is 2.24. The standard InChI is InChI=1S/C28H42O4/c1-4-6-8-10-12-16-30-22-19-25(31-17-13-11-9-7-5-2)27-24-18-21(3)14-15-23(24)28(29)32-26(27)20-22/h19-21H,4-18H2,1-3H3. The van der Waals surface area contributed by atoms with Gasteiger partial charge in [0, 0.05) is 17.7 Å². The van der Waals surface area contributed by atoms with E-state index in [-0.39, 0.29) is 5.63 Å². The fourth-order valence-corrected chi connectivity index (χ4v) is 4.68. The Morgan fingerprint density at radius 1 is 0.875 bits per heavy atom. The van der Waals surface area contributed by atoms with E-state index >= 15 is 0 Å². The van der Waals surface area contributed by atoms with Crippen molar-refractivity contribution in [3.8, 4) is 11.5 Å². The molecule has 0 aliphatic heterocycles. The van der Waals surface area contributed by atoms with Gasteiger partial charge in [-0.2, -0.15) is 0 Å². The minimum absolute atomic E-state index is 0.193. The lowest BCUT2D eigenvalue weighted by atomic mass is 9.84. The summed E-state index contributed by atoms with van der Waals surface area (Å²) in [5.41, 5.74) is 2.38. The molecule has 4 heteroatoms. The molecule has 1 aromatic heterocycles. The Morgan fingerprint density at radius 2 is 1.53 bits per heavy atom. The zero-order chi connectivity index (χ0) is 22.8. The van der Waals surface area contributed by atoms with E-state index in [2.05, 4.69) is 20.8 Å². The number of unbranched alkanes of at least 4 members (excludes halogenated alkanes) is 8. The van der Waals surface area contributed by atoms with Crippen molar-refractivity contribution >= 4 is 11.0 Å². The number of benzene rings is 1. The monoisotopic (exact) mass is 442 g/mol. The first-order valence-corrected chi connectivity index (χ1v) is 13.0. The summed E-state index contributed by atoms with van der Waals surface area (Å²) in [6.45, 7) is 8.08. The van der Waals surface area contributed by atoms with Gasteiger partial charge in [-0.15, -0.1) is 0 Å². The molecular weight excluding hydrogens is 400 g/mol. The molecule has 1 heterocycles. The first kappa shape index (κ1) is 24.7. The number of ether oxygens (including phenoxy) is 2. The van der Waals surface area contributed by atoms with Crippen LogP contribution < -0.4 is 15.1 Å². The third kappa shape index (κ3) is 6.76. The van der Waals surface area contributed by atoms with E-state index in [0.29, 0.717) is 24.7 Å². The predicted octanol–water partition coefficient (Wildman–Crippen LogP) is 7.62. The van der Waals surface area contributed by atoms with Crippen LogP contribution in [0.2, 0.25) is 0 Å². The van der Waals surface area contributed by atoms with Gasteiger partial charge in [-0.3, -0.25) is 0 Å². The van der Waals surface area contributed by atoms with Crippen molar-refractivity contribution in [2.45, 2.75) is 104 Å². The molecule has 0 saturated carbocycles. The van der Waals surface area contributed by atoms with Crippen LogP contribution >= 0.6 is 0 Å². The molecule has 1 aliphatic rings. The summed E-state index contributed by atoms with van der Waals surface area (Å²) in [6.07, 6.45) is 14.7. The highest BCUT2D eigenvalue weighted by Crippen LogP contribution is 2.38. The summed E-state index contributed by atoms with van der Waals surface area (Å²) in [6, 6.07) is 3.90. The highest BCUT2D eigenvalue weighted by atomic mass is 16.5. The predicted molar refractivity (Wildman–Crippen MR) is 132 cm³/mol. The second kappa shape index (κ2) is 12.9. The Balaban J connectivity index is 1.81. The number of rotatable bonds is 14. The van der Waals surface area contributed by atoms with Gasteiger partial charge in [-0.05, 0) is 43.6 Å². The van der Waals surface area contributed by atoms with Crippen molar-refractivity contribution in [2.24, 2.45) is 5.92 Å². The molecule has 0 N–H and O–H groups in total. The van der Waals surface area contributed by atoms with E-state index in [0.717, 1.165) is 60.1 Å². The third-order valence-electron chi connectivity index (χ3n) is 6.62. The summed E-state index contributed by atoms with van der Waals surface area (Å²) in [7, 11) is 0. The van der Waals surface area contributed by atoms with Crippen LogP contribution in [0, 0.1) is 5.92 Å². The van der Waals surface area contributed by atoms with Gasteiger partial charge in [0.15, 0.2) is 0 Å². The van der Waals surface area contributed by atoms with E-state index in [1.165, 1.54) is 51.4 Å². The Morgan fingerprint density at radius 3 is 2.22 bits per heavy atom. The molecule has 0 fully saturated rings. The van der Waals surface area contributed by atoms with Crippen molar-refractivity contribution in [3.63, 3.8) is 0 Å². The van der Waals surface area contributed by atoms with Crippen LogP contribution in [0.5, 0.6) is 11.5 Å². The first-order valence-electron chi connectivity index (χ1n) is 13.0. The smallest absolute Gasteiger partial charge is 0.339 e. The summed E-state index contributed by atoms with van der Waals surface area (Å²) in [5, 5.41) is 0.981. The zero-order valence-electron chi connectivity index (χ0n) is 20.5. The summed E-state index contributed by atoms with van der Waals surface area (Å²) in [4.78, 5) is 12.7. The lowest BCUT2D eigenvalue weighted by Gasteiger charge is -2.23. The Hall–Kier alpha value is -1.97. The van der Waals surface area contributed by atoms with Gasteiger partial charge in [0.1, 0.15) is 17.1 Å². The zero-order valence-corrected chi connectivity index (χ0v) is 20.5. The molecule has 1 unspecified atom stereocenters. The molecule has 3 rings (SSSR count). The van der Waals surface area contributed by atoms with Crippen LogP contribution in [0.1, 0.15) is 103 Å². The number of hydrogen-bond acceptors (Lipinski definition) is 4. The summed E-state index contributed by atoms with van der Waals surface area (Å²) >= 11 is 0. The van der Waals surface area contributed by atoms with Gasteiger partial charge in [0.2, 0.25) is 0 Å². The van der Waals surface area contributed by atoms with E-state index in [4.69, 9.17) is 13.9 Å². The number of fused-ring (bicyclic) bond motifs is 3. The van der Waals surface area contributed by atoms with Crippen molar-refractivity contribution in [2.75, 3.05) is 13.2 Å². The number of hydrogen-bond donors (Lipinski definition) is 0. The molecule has 1 aromatic carbocycles. The Bertz CT molecular complexity index is 898. The normalized spacial score (nSPS) is 15.7. The van der Waals surface area contributed by atoms with Gasteiger partial charge in [0.25, 0.3) is 0 Å².